The number of carbonyl (C=O) groups excluding carboxylic acids is 1. The van der Waals surface area contributed by atoms with Crippen LogP contribution < -0.4 is 14.9 Å². The van der Waals surface area contributed by atoms with Crippen molar-refractivity contribution in [3.8, 4) is 0 Å². The van der Waals surface area contributed by atoms with Crippen LogP contribution in [-0.4, -0.2) is 40.6 Å². The van der Waals surface area contributed by atoms with Gasteiger partial charge in [-0.2, -0.15) is 0 Å². The van der Waals surface area contributed by atoms with E-state index in [2.05, 4.69) is 14.9 Å². The number of sulfonamides is 1. The monoisotopic (exact) mass is 479 g/mol. The van der Waals surface area contributed by atoms with Crippen LogP contribution in [0.3, 0.4) is 0 Å². The van der Waals surface area contributed by atoms with Gasteiger partial charge in [-0.1, -0.05) is 18.2 Å². The molecule has 1 saturated heterocycles. The SMILES string of the molecule is Cc1ccc(C)c(NS(=O)(=O)c2cc(C(=O)Nc3ccc(N4CCOCC4)cc3)ccc2C)c1. The Balaban J connectivity index is 1.52. The van der Waals surface area contributed by atoms with Crippen LogP contribution in [0.2, 0.25) is 0 Å². The molecule has 0 bridgehead atoms. The molecular weight excluding hydrogens is 450 g/mol. The van der Waals surface area contributed by atoms with Crippen molar-refractivity contribution in [1.29, 1.82) is 0 Å². The fraction of sp³-hybridized carbons (Fsp3) is 0.269. The first-order valence-corrected chi connectivity index (χ1v) is 12.7. The number of anilines is 3. The normalized spacial score (nSPS) is 14.0. The van der Waals surface area contributed by atoms with Crippen LogP contribution in [-0.2, 0) is 14.8 Å². The van der Waals surface area contributed by atoms with Crippen molar-refractivity contribution >= 4 is 33.0 Å². The van der Waals surface area contributed by atoms with Gasteiger partial charge in [0.15, 0.2) is 0 Å². The summed E-state index contributed by atoms with van der Waals surface area (Å²) >= 11 is 0. The minimum absolute atomic E-state index is 0.0729. The molecule has 3 aromatic carbocycles. The number of benzene rings is 3. The van der Waals surface area contributed by atoms with Crippen LogP contribution in [0, 0.1) is 20.8 Å². The molecule has 34 heavy (non-hydrogen) atoms. The molecule has 1 heterocycles. The topological polar surface area (TPSA) is 87.7 Å². The molecule has 0 saturated carbocycles. The molecule has 1 aliphatic rings. The van der Waals surface area contributed by atoms with Crippen molar-refractivity contribution in [3.05, 3.63) is 82.9 Å². The Kier molecular flexibility index (Phi) is 6.90. The molecule has 2 N–H and O–H groups in total. The number of nitrogens with one attached hydrogen (secondary N) is 2. The average Bonchev–Trinajstić information content (AvgIpc) is 2.82. The Bertz CT molecular complexity index is 1300. The lowest BCUT2D eigenvalue weighted by molar-refractivity contribution is 0.102. The van der Waals surface area contributed by atoms with Crippen molar-refractivity contribution in [1.82, 2.24) is 0 Å². The highest BCUT2D eigenvalue weighted by molar-refractivity contribution is 7.92. The largest absolute Gasteiger partial charge is 0.378 e. The Morgan fingerprint density at radius 2 is 1.56 bits per heavy atom. The molecule has 0 aromatic heterocycles. The fourth-order valence-electron chi connectivity index (χ4n) is 3.86. The Morgan fingerprint density at radius 3 is 2.26 bits per heavy atom. The number of aryl methyl sites for hydroxylation is 3. The van der Waals surface area contributed by atoms with Gasteiger partial charge in [0, 0.05) is 30.0 Å². The van der Waals surface area contributed by atoms with Gasteiger partial charge >= 0.3 is 0 Å². The minimum atomic E-state index is -3.88. The van der Waals surface area contributed by atoms with Gasteiger partial charge in [0.2, 0.25) is 0 Å². The predicted octanol–water partition coefficient (Wildman–Crippen LogP) is 4.50. The van der Waals surface area contributed by atoms with E-state index in [4.69, 9.17) is 4.74 Å². The summed E-state index contributed by atoms with van der Waals surface area (Å²) in [6, 6.07) is 17.9. The van der Waals surface area contributed by atoms with Crippen LogP contribution >= 0.6 is 0 Å². The maximum atomic E-state index is 13.2. The summed E-state index contributed by atoms with van der Waals surface area (Å²) in [6.07, 6.45) is 0. The van der Waals surface area contributed by atoms with Gasteiger partial charge in [0.25, 0.3) is 15.9 Å². The lowest BCUT2D eigenvalue weighted by Gasteiger charge is -2.28. The highest BCUT2D eigenvalue weighted by atomic mass is 32.2. The highest BCUT2D eigenvalue weighted by Gasteiger charge is 2.20. The molecule has 1 aliphatic heterocycles. The lowest BCUT2D eigenvalue weighted by atomic mass is 10.1. The number of amides is 1. The zero-order valence-electron chi connectivity index (χ0n) is 19.6. The van der Waals surface area contributed by atoms with Gasteiger partial charge in [-0.05, 0) is 79.9 Å². The summed E-state index contributed by atoms with van der Waals surface area (Å²) in [4.78, 5) is 15.2. The van der Waals surface area contributed by atoms with E-state index in [1.165, 1.54) is 6.07 Å². The molecule has 0 spiro atoms. The molecule has 0 atom stereocenters. The van der Waals surface area contributed by atoms with Gasteiger partial charge in [-0.25, -0.2) is 8.42 Å². The molecule has 4 rings (SSSR count). The fourth-order valence-corrected chi connectivity index (χ4v) is 5.25. The zero-order chi connectivity index (χ0) is 24.3. The molecular formula is C26H29N3O4S. The third-order valence-electron chi connectivity index (χ3n) is 5.88. The Hall–Kier alpha value is -3.36. The minimum Gasteiger partial charge on any atom is -0.378 e. The first-order chi connectivity index (χ1) is 16.2. The molecule has 8 heteroatoms. The summed E-state index contributed by atoms with van der Waals surface area (Å²) in [5, 5.41) is 2.86. The second-order valence-electron chi connectivity index (χ2n) is 8.50. The van der Waals surface area contributed by atoms with E-state index in [9.17, 15) is 13.2 Å². The Morgan fingerprint density at radius 1 is 0.882 bits per heavy atom. The number of morpholine rings is 1. The second-order valence-corrected chi connectivity index (χ2v) is 10.2. The zero-order valence-corrected chi connectivity index (χ0v) is 20.4. The van der Waals surface area contributed by atoms with Gasteiger partial charge in [-0.3, -0.25) is 9.52 Å². The molecule has 3 aromatic rings. The van der Waals surface area contributed by atoms with Gasteiger partial charge in [0.1, 0.15) is 0 Å². The summed E-state index contributed by atoms with van der Waals surface area (Å²) in [5.41, 5.74) is 4.83. The molecule has 1 fully saturated rings. The number of rotatable bonds is 6. The van der Waals surface area contributed by atoms with Crippen molar-refractivity contribution in [2.45, 2.75) is 25.7 Å². The van der Waals surface area contributed by atoms with Crippen LogP contribution in [0.15, 0.2) is 65.6 Å². The van der Waals surface area contributed by atoms with Crippen molar-refractivity contribution < 1.29 is 17.9 Å². The molecule has 0 radical (unpaired) electrons. The van der Waals surface area contributed by atoms with E-state index >= 15 is 0 Å². The summed E-state index contributed by atoms with van der Waals surface area (Å²) in [6.45, 7) is 8.54. The van der Waals surface area contributed by atoms with Crippen LogP contribution in [0.4, 0.5) is 17.1 Å². The predicted molar refractivity (Wildman–Crippen MR) is 135 cm³/mol. The van der Waals surface area contributed by atoms with Gasteiger partial charge < -0.3 is 15.0 Å². The number of hydrogen-bond donors (Lipinski definition) is 2. The van der Waals surface area contributed by atoms with Crippen LogP contribution in [0.1, 0.15) is 27.0 Å². The number of ether oxygens (including phenoxy) is 1. The molecule has 0 unspecified atom stereocenters. The smallest absolute Gasteiger partial charge is 0.262 e. The Labute approximate surface area is 200 Å². The molecule has 0 aliphatic carbocycles. The van der Waals surface area contributed by atoms with E-state index in [1.54, 1.807) is 25.1 Å². The van der Waals surface area contributed by atoms with E-state index in [-0.39, 0.29) is 16.4 Å². The van der Waals surface area contributed by atoms with Crippen molar-refractivity contribution in [2.75, 3.05) is 41.2 Å². The van der Waals surface area contributed by atoms with Crippen LogP contribution in [0.25, 0.3) is 0 Å². The third-order valence-corrected chi connectivity index (χ3v) is 7.39. The van der Waals surface area contributed by atoms with E-state index < -0.39 is 10.0 Å². The second kappa shape index (κ2) is 9.87. The molecule has 178 valence electrons. The standard InChI is InChI=1S/C26H29N3O4S/c1-18-4-5-19(2)24(16-18)28-34(31,32)25-17-21(7-6-20(25)3)26(30)27-22-8-10-23(11-9-22)29-12-14-33-15-13-29/h4-11,16-17,28H,12-15H2,1-3H3,(H,27,30). The van der Waals surface area contributed by atoms with Gasteiger partial charge in [-0.15, -0.1) is 0 Å². The highest BCUT2D eigenvalue weighted by Crippen LogP contribution is 2.25. The van der Waals surface area contributed by atoms with E-state index in [1.807, 2.05) is 50.2 Å². The number of hydrogen-bond acceptors (Lipinski definition) is 5. The summed E-state index contributed by atoms with van der Waals surface area (Å²) in [7, 11) is -3.88. The summed E-state index contributed by atoms with van der Waals surface area (Å²) in [5.74, 6) is -0.373. The third kappa shape index (κ3) is 5.40. The maximum absolute atomic E-state index is 13.2. The van der Waals surface area contributed by atoms with Crippen molar-refractivity contribution in [3.63, 3.8) is 0 Å². The first kappa shape index (κ1) is 23.8. The number of carbonyl (C=O) groups is 1. The quantitative estimate of drug-likeness (QED) is 0.544. The average molecular weight is 480 g/mol. The molecule has 1 amide bonds. The first-order valence-electron chi connectivity index (χ1n) is 11.2. The molecule has 7 nitrogen and oxygen atoms in total. The van der Waals surface area contributed by atoms with E-state index in [0.717, 1.165) is 29.9 Å². The van der Waals surface area contributed by atoms with E-state index in [0.29, 0.717) is 30.2 Å². The van der Waals surface area contributed by atoms with Crippen molar-refractivity contribution in [2.24, 2.45) is 0 Å². The number of nitrogens with zero attached hydrogens (tertiary/aromatic N) is 1. The maximum Gasteiger partial charge on any atom is 0.262 e. The van der Waals surface area contributed by atoms with Gasteiger partial charge in [0.05, 0.1) is 23.8 Å². The van der Waals surface area contributed by atoms with Crippen LogP contribution in [0.5, 0.6) is 0 Å². The lowest BCUT2D eigenvalue weighted by Crippen LogP contribution is -2.36. The summed E-state index contributed by atoms with van der Waals surface area (Å²) < 4.78 is 34.4.